The van der Waals surface area contributed by atoms with Crippen molar-refractivity contribution < 1.29 is 14.7 Å². The average molecular weight is 389 g/mol. The number of nitrogens with one attached hydrogen (secondary N) is 1. The third kappa shape index (κ3) is 3.75. The Bertz CT molecular complexity index is 734. The van der Waals surface area contributed by atoms with Crippen LogP contribution in [-0.4, -0.2) is 17.0 Å². The Morgan fingerprint density at radius 2 is 1.76 bits per heavy atom. The van der Waals surface area contributed by atoms with Gasteiger partial charge in [0.2, 0.25) is 0 Å². The van der Waals surface area contributed by atoms with Crippen molar-refractivity contribution >= 4 is 56.7 Å². The molecule has 0 fully saturated rings. The molecule has 2 aromatic rings. The molecule has 0 heterocycles. The van der Waals surface area contributed by atoms with E-state index in [9.17, 15) is 9.59 Å². The average Bonchev–Trinajstić information content (AvgIpc) is 2.43. The lowest BCUT2D eigenvalue weighted by Gasteiger charge is -2.09. The van der Waals surface area contributed by atoms with E-state index in [1.54, 1.807) is 18.2 Å². The van der Waals surface area contributed by atoms with Crippen LogP contribution in [-0.2, 0) is 0 Å². The number of amides is 1. The largest absolute Gasteiger partial charge is 0.478 e. The Morgan fingerprint density at radius 3 is 2.38 bits per heavy atom. The smallest absolute Gasteiger partial charge is 0.335 e. The van der Waals surface area contributed by atoms with E-state index in [1.807, 2.05) is 0 Å². The number of rotatable bonds is 3. The number of carboxylic acid groups (broad SMARTS) is 1. The summed E-state index contributed by atoms with van der Waals surface area (Å²) in [5.74, 6) is -1.53. The van der Waals surface area contributed by atoms with Crippen LogP contribution in [0.3, 0.4) is 0 Å². The van der Waals surface area contributed by atoms with Gasteiger partial charge in [-0.1, -0.05) is 39.1 Å². The number of carboxylic acids is 1. The Labute approximate surface area is 138 Å². The molecule has 0 bridgehead atoms. The van der Waals surface area contributed by atoms with Gasteiger partial charge < -0.3 is 10.4 Å². The molecule has 4 nitrogen and oxygen atoms in total. The maximum atomic E-state index is 12.2. The summed E-state index contributed by atoms with van der Waals surface area (Å²) in [5, 5.41) is 11.9. The molecule has 0 aromatic heterocycles. The summed E-state index contributed by atoms with van der Waals surface area (Å²) in [7, 11) is 0. The molecule has 0 saturated heterocycles. The van der Waals surface area contributed by atoms with Crippen LogP contribution in [0.15, 0.2) is 40.9 Å². The van der Waals surface area contributed by atoms with E-state index >= 15 is 0 Å². The zero-order valence-corrected chi connectivity index (χ0v) is 13.5. The van der Waals surface area contributed by atoms with E-state index in [-0.39, 0.29) is 16.1 Å². The van der Waals surface area contributed by atoms with Crippen LogP contribution in [0.5, 0.6) is 0 Å². The molecule has 0 aliphatic heterocycles. The highest BCUT2D eigenvalue weighted by Crippen LogP contribution is 2.26. The highest BCUT2D eigenvalue weighted by Gasteiger charge is 2.14. The normalized spacial score (nSPS) is 10.2. The molecule has 7 heteroatoms. The molecular weight excluding hydrogens is 381 g/mol. The number of halogens is 3. The molecule has 0 aliphatic rings. The van der Waals surface area contributed by atoms with E-state index in [1.165, 1.54) is 18.2 Å². The van der Waals surface area contributed by atoms with Gasteiger partial charge in [-0.05, 0) is 36.4 Å². The Kier molecular flexibility index (Phi) is 4.88. The fourth-order valence-electron chi connectivity index (χ4n) is 1.61. The van der Waals surface area contributed by atoms with Gasteiger partial charge in [0.1, 0.15) is 0 Å². The first-order valence-corrected chi connectivity index (χ1v) is 7.22. The van der Waals surface area contributed by atoms with Crippen molar-refractivity contribution in [3.8, 4) is 0 Å². The second-order valence-electron chi connectivity index (χ2n) is 4.08. The van der Waals surface area contributed by atoms with Crippen molar-refractivity contribution in [1.82, 2.24) is 0 Å². The number of hydrogen-bond donors (Lipinski definition) is 2. The lowest BCUT2D eigenvalue weighted by molar-refractivity contribution is 0.0696. The second-order valence-corrected chi connectivity index (χ2v) is 5.81. The number of benzene rings is 2. The summed E-state index contributed by atoms with van der Waals surface area (Å²) in [6.45, 7) is 0. The summed E-state index contributed by atoms with van der Waals surface area (Å²) in [5.41, 5.74) is 0.630. The fourth-order valence-corrected chi connectivity index (χ4v) is 2.40. The topological polar surface area (TPSA) is 66.4 Å². The lowest BCUT2D eigenvalue weighted by atomic mass is 10.2. The number of anilines is 1. The monoisotopic (exact) mass is 387 g/mol. The third-order valence-electron chi connectivity index (χ3n) is 2.64. The molecule has 0 saturated carbocycles. The first-order valence-electron chi connectivity index (χ1n) is 5.67. The first kappa shape index (κ1) is 15.8. The van der Waals surface area contributed by atoms with E-state index in [2.05, 4.69) is 21.2 Å². The summed E-state index contributed by atoms with van der Waals surface area (Å²) >= 11 is 15.2. The standard InChI is InChI=1S/C14H8BrCl2NO3/c15-8-2-3-10(16)9(6-8)13(19)18-12-4-1-7(14(20)21)5-11(12)17/h1-6H,(H,18,19)(H,20,21). The van der Waals surface area contributed by atoms with Crippen molar-refractivity contribution in [2.75, 3.05) is 5.32 Å². The molecule has 21 heavy (non-hydrogen) atoms. The van der Waals surface area contributed by atoms with Gasteiger partial charge >= 0.3 is 5.97 Å². The Morgan fingerprint density at radius 1 is 1.05 bits per heavy atom. The number of hydrogen-bond acceptors (Lipinski definition) is 2. The van der Waals surface area contributed by atoms with Crippen molar-refractivity contribution in [3.05, 3.63) is 62.0 Å². The lowest BCUT2D eigenvalue weighted by Crippen LogP contribution is -2.13. The van der Waals surface area contributed by atoms with E-state index in [4.69, 9.17) is 28.3 Å². The summed E-state index contributed by atoms with van der Waals surface area (Å²) in [6.07, 6.45) is 0. The van der Waals surface area contributed by atoms with Crippen LogP contribution in [0.1, 0.15) is 20.7 Å². The number of aromatic carboxylic acids is 1. The van der Waals surface area contributed by atoms with Crippen LogP contribution in [0.4, 0.5) is 5.69 Å². The zero-order chi connectivity index (χ0) is 15.6. The van der Waals surface area contributed by atoms with Crippen LogP contribution in [0, 0.1) is 0 Å². The second kappa shape index (κ2) is 6.47. The van der Waals surface area contributed by atoms with E-state index < -0.39 is 11.9 Å². The highest BCUT2D eigenvalue weighted by atomic mass is 79.9. The minimum atomic E-state index is -1.09. The molecular formula is C14H8BrCl2NO3. The van der Waals surface area contributed by atoms with Crippen LogP contribution in [0.2, 0.25) is 10.0 Å². The number of carbonyl (C=O) groups excluding carboxylic acids is 1. The van der Waals surface area contributed by atoms with Gasteiger partial charge in [-0.15, -0.1) is 0 Å². The van der Waals surface area contributed by atoms with Crippen LogP contribution in [0.25, 0.3) is 0 Å². The van der Waals surface area contributed by atoms with Gasteiger partial charge in [-0.25, -0.2) is 4.79 Å². The molecule has 108 valence electrons. The van der Waals surface area contributed by atoms with Gasteiger partial charge in [0.05, 0.1) is 26.9 Å². The van der Waals surface area contributed by atoms with Crippen molar-refractivity contribution in [2.45, 2.75) is 0 Å². The molecule has 0 spiro atoms. The molecule has 2 aromatic carbocycles. The quantitative estimate of drug-likeness (QED) is 0.800. The van der Waals surface area contributed by atoms with Gasteiger partial charge in [0.15, 0.2) is 0 Å². The van der Waals surface area contributed by atoms with Crippen LogP contribution >= 0.6 is 39.1 Å². The van der Waals surface area contributed by atoms with Gasteiger partial charge in [-0.3, -0.25) is 4.79 Å². The van der Waals surface area contributed by atoms with E-state index in [0.717, 1.165) is 0 Å². The predicted molar refractivity (Wildman–Crippen MR) is 85.5 cm³/mol. The van der Waals surface area contributed by atoms with Crippen molar-refractivity contribution in [1.29, 1.82) is 0 Å². The third-order valence-corrected chi connectivity index (χ3v) is 3.77. The Hall–Kier alpha value is -1.56. The van der Waals surface area contributed by atoms with Gasteiger partial charge in [0, 0.05) is 4.47 Å². The molecule has 0 radical (unpaired) electrons. The minimum absolute atomic E-state index is 0.0403. The molecule has 2 N–H and O–H groups in total. The van der Waals surface area contributed by atoms with E-state index in [0.29, 0.717) is 15.2 Å². The molecule has 0 aliphatic carbocycles. The van der Waals surface area contributed by atoms with Gasteiger partial charge in [0.25, 0.3) is 5.91 Å². The summed E-state index contributed by atoms with van der Waals surface area (Å²) in [4.78, 5) is 23.0. The molecule has 0 unspecified atom stereocenters. The summed E-state index contributed by atoms with van der Waals surface area (Å²) < 4.78 is 0.712. The molecule has 2 rings (SSSR count). The maximum Gasteiger partial charge on any atom is 0.335 e. The first-order chi connectivity index (χ1) is 9.88. The zero-order valence-electron chi connectivity index (χ0n) is 10.4. The number of carbonyl (C=O) groups is 2. The van der Waals surface area contributed by atoms with Crippen molar-refractivity contribution in [3.63, 3.8) is 0 Å². The predicted octanol–water partition coefficient (Wildman–Crippen LogP) is 4.71. The Balaban J connectivity index is 2.27. The minimum Gasteiger partial charge on any atom is -0.478 e. The molecule has 0 atom stereocenters. The fraction of sp³-hybridized carbons (Fsp3) is 0. The SMILES string of the molecule is O=C(O)c1ccc(NC(=O)c2cc(Br)ccc2Cl)c(Cl)c1. The van der Waals surface area contributed by atoms with Crippen LogP contribution < -0.4 is 5.32 Å². The van der Waals surface area contributed by atoms with Crippen molar-refractivity contribution in [2.24, 2.45) is 0 Å². The van der Waals surface area contributed by atoms with Gasteiger partial charge in [-0.2, -0.15) is 0 Å². The maximum absolute atomic E-state index is 12.2. The highest BCUT2D eigenvalue weighted by molar-refractivity contribution is 9.10. The molecule has 1 amide bonds. The summed E-state index contributed by atoms with van der Waals surface area (Å²) in [6, 6.07) is 8.94.